The van der Waals surface area contributed by atoms with Crippen molar-refractivity contribution < 1.29 is 14.3 Å². The van der Waals surface area contributed by atoms with Crippen LogP contribution in [-0.4, -0.2) is 29.7 Å². The number of methoxy groups -OCH3 is 1. The lowest BCUT2D eigenvalue weighted by atomic mass is 10.1. The van der Waals surface area contributed by atoms with Crippen molar-refractivity contribution in [3.05, 3.63) is 59.7 Å². The van der Waals surface area contributed by atoms with Crippen molar-refractivity contribution in [3.8, 4) is 0 Å². The molecule has 0 unspecified atom stereocenters. The third kappa shape index (κ3) is 5.55. The van der Waals surface area contributed by atoms with E-state index >= 15 is 0 Å². The Bertz CT molecular complexity index is 889. The molecule has 3 aromatic rings. The number of esters is 1. The minimum absolute atomic E-state index is 0.0249. The second-order valence-electron chi connectivity index (χ2n) is 5.86. The summed E-state index contributed by atoms with van der Waals surface area (Å²) >= 11 is 3.38. The number of benzene rings is 2. The molecule has 0 radical (unpaired) electrons. The summed E-state index contributed by atoms with van der Waals surface area (Å²) in [6.45, 7) is 0.450. The number of rotatable bonds is 8. The molecule has 1 N–H and O–H groups in total. The molecule has 5 nitrogen and oxygen atoms in total. The number of nitrogens with one attached hydrogen (secondary N) is 1. The minimum Gasteiger partial charge on any atom is -0.465 e. The zero-order valence-electron chi connectivity index (χ0n) is 14.9. The number of fused-ring (bicyclic) bond motifs is 1. The molecule has 0 spiro atoms. The minimum atomic E-state index is -0.365. The van der Waals surface area contributed by atoms with Gasteiger partial charge in [0, 0.05) is 18.7 Å². The molecular weight excluding hydrogens is 380 g/mol. The van der Waals surface area contributed by atoms with Crippen LogP contribution in [0.3, 0.4) is 0 Å². The van der Waals surface area contributed by atoms with E-state index in [0.717, 1.165) is 27.6 Å². The zero-order chi connectivity index (χ0) is 19.1. The van der Waals surface area contributed by atoms with Crippen molar-refractivity contribution in [2.24, 2.45) is 0 Å². The van der Waals surface area contributed by atoms with Crippen molar-refractivity contribution in [2.45, 2.75) is 23.7 Å². The molecule has 1 aromatic heterocycles. The van der Waals surface area contributed by atoms with E-state index in [2.05, 4.69) is 21.1 Å². The number of amides is 1. The summed E-state index contributed by atoms with van der Waals surface area (Å²) in [6, 6.07) is 15.1. The van der Waals surface area contributed by atoms with Gasteiger partial charge in [-0.3, -0.25) is 4.79 Å². The summed E-state index contributed by atoms with van der Waals surface area (Å²) in [7, 11) is 1.35. The largest absolute Gasteiger partial charge is 0.465 e. The lowest BCUT2D eigenvalue weighted by molar-refractivity contribution is -0.121. The monoisotopic (exact) mass is 400 g/mol. The topological polar surface area (TPSA) is 68.3 Å². The van der Waals surface area contributed by atoms with E-state index in [9.17, 15) is 9.59 Å². The maximum Gasteiger partial charge on any atom is 0.337 e. The number of nitrogens with zero attached hydrogens (tertiary/aromatic N) is 1. The van der Waals surface area contributed by atoms with Crippen LogP contribution in [0.1, 0.15) is 28.8 Å². The number of hydrogen-bond donors (Lipinski definition) is 1. The lowest BCUT2D eigenvalue weighted by Crippen LogP contribution is -2.22. The third-order valence-corrected chi connectivity index (χ3v) is 6.18. The Morgan fingerprint density at radius 3 is 2.67 bits per heavy atom. The molecule has 3 rings (SSSR count). The van der Waals surface area contributed by atoms with Crippen LogP contribution in [0.5, 0.6) is 0 Å². The van der Waals surface area contributed by atoms with E-state index in [0.29, 0.717) is 18.5 Å². The van der Waals surface area contributed by atoms with Crippen molar-refractivity contribution in [1.82, 2.24) is 10.3 Å². The van der Waals surface area contributed by atoms with Gasteiger partial charge in [-0.25, -0.2) is 9.78 Å². The Kier molecular flexibility index (Phi) is 6.84. The average Bonchev–Trinajstić information content (AvgIpc) is 3.12. The van der Waals surface area contributed by atoms with Crippen molar-refractivity contribution in [2.75, 3.05) is 12.9 Å². The molecule has 0 aliphatic carbocycles. The fourth-order valence-electron chi connectivity index (χ4n) is 2.47. The Labute approximate surface area is 166 Å². The van der Waals surface area contributed by atoms with Crippen molar-refractivity contribution in [1.29, 1.82) is 0 Å². The van der Waals surface area contributed by atoms with Gasteiger partial charge in [0.15, 0.2) is 4.34 Å². The first-order valence-corrected chi connectivity index (χ1v) is 10.4. The van der Waals surface area contributed by atoms with Gasteiger partial charge in [0.1, 0.15) is 0 Å². The Balaban J connectivity index is 1.36. The summed E-state index contributed by atoms with van der Waals surface area (Å²) in [6.07, 6.45) is 1.28. The van der Waals surface area contributed by atoms with Gasteiger partial charge in [-0.05, 0) is 36.2 Å². The highest BCUT2D eigenvalue weighted by Crippen LogP contribution is 2.29. The Morgan fingerprint density at radius 1 is 1.15 bits per heavy atom. The number of thiazole rings is 1. The number of aromatic nitrogens is 1. The van der Waals surface area contributed by atoms with Gasteiger partial charge in [-0.15, -0.1) is 11.3 Å². The van der Waals surface area contributed by atoms with Crippen LogP contribution in [0, 0.1) is 0 Å². The van der Waals surface area contributed by atoms with Gasteiger partial charge in [-0.1, -0.05) is 36.0 Å². The van der Waals surface area contributed by atoms with Crippen LogP contribution in [0.2, 0.25) is 0 Å². The molecule has 0 saturated carbocycles. The first kappa shape index (κ1) is 19.4. The molecule has 0 bridgehead atoms. The smallest absolute Gasteiger partial charge is 0.337 e. The fourth-order valence-corrected chi connectivity index (χ4v) is 4.55. The van der Waals surface area contributed by atoms with E-state index in [1.165, 1.54) is 11.8 Å². The predicted molar refractivity (Wildman–Crippen MR) is 109 cm³/mol. The average molecular weight is 401 g/mol. The van der Waals surface area contributed by atoms with Crippen molar-refractivity contribution in [3.63, 3.8) is 0 Å². The molecule has 0 aliphatic rings. The van der Waals surface area contributed by atoms with Crippen LogP contribution in [-0.2, 0) is 16.1 Å². The van der Waals surface area contributed by atoms with Gasteiger partial charge in [0.25, 0.3) is 0 Å². The number of carbonyl (C=O) groups excluding carboxylic acids is 2. The second-order valence-corrected chi connectivity index (χ2v) is 8.24. The Morgan fingerprint density at radius 2 is 1.93 bits per heavy atom. The highest BCUT2D eigenvalue weighted by Gasteiger charge is 2.07. The summed E-state index contributed by atoms with van der Waals surface area (Å²) in [5.41, 5.74) is 2.47. The van der Waals surface area contributed by atoms with Gasteiger partial charge in [0.2, 0.25) is 5.91 Å². The molecule has 0 fully saturated rings. The fraction of sp³-hybridized carbons (Fsp3) is 0.250. The number of para-hydroxylation sites is 1. The molecule has 140 valence electrons. The SMILES string of the molecule is COC(=O)c1ccc(CNC(=O)CCCSc2nc3ccccc3s2)cc1. The number of thioether (sulfide) groups is 1. The number of hydrogen-bond acceptors (Lipinski definition) is 6. The van der Waals surface area contributed by atoms with Gasteiger partial charge < -0.3 is 10.1 Å². The Hall–Kier alpha value is -2.38. The van der Waals surface area contributed by atoms with Crippen molar-refractivity contribution >= 4 is 45.2 Å². The van der Waals surface area contributed by atoms with E-state index in [4.69, 9.17) is 0 Å². The van der Waals surface area contributed by atoms with Gasteiger partial charge in [0.05, 0.1) is 22.9 Å². The molecule has 7 heteroatoms. The van der Waals surface area contributed by atoms with Crippen LogP contribution in [0.25, 0.3) is 10.2 Å². The maximum atomic E-state index is 12.0. The first-order valence-electron chi connectivity index (χ1n) is 8.58. The van der Waals surface area contributed by atoms with Crippen LogP contribution in [0.4, 0.5) is 0 Å². The zero-order valence-corrected chi connectivity index (χ0v) is 16.6. The highest BCUT2D eigenvalue weighted by molar-refractivity contribution is 8.01. The maximum absolute atomic E-state index is 12.0. The molecule has 1 heterocycles. The molecular formula is C20H20N2O3S2. The molecule has 1 amide bonds. The summed E-state index contributed by atoms with van der Waals surface area (Å²) < 4.78 is 6.90. The van der Waals surface area contributed by atoms with Crippen LogP contribution in [0.15, 0.2) is 52.9 Å². The highest BCUT2D eigenvalue weighted by atomic mass is 32.2. The van der Waals surface area contributed by atoms with Gasteiger partial charge >= 0.3 is 5.97 Å². The van der Waals surface area contributed by atoms with E-state index < -0.39 is 0 Å². The third-order valence-electron chi connectivity index (χ3n) is 3.91. The molecule has 0 saturated heterocycles. The standard InChI is InChI=1S/C20H20N2O3S2/c1-25-19(24)15-10-8-14(9-11-15)13-21-18(23)7-4-12-26-20-22-16-5-2-3-6-17(16)27-20/h2-3,5-6,8-11H,4,7,12-13H2,1H3,(H,21,23). The molecule has 0 atom stereocenters. The molecule has 2 aromatic carbocycles. The molecule has 27 heavy (non-hydrogen) atoms. The van der Waals surface area contributed by atoms with Crippen LogP contribution < -0.4 is 5.32 Å². The molecule has 0 aliphatic heterocycles. The normalized spacial score (nSPS) is 10.7. The summed E-state index contributed by atoms with van der Waals surface area (Å²) in [5.74, 6) is 0.523. The number of carbonyl (C=O) groups is 2. The van der Waals surface area contributed by atoms with Crippen LogP contribution >= 0.6 is 23.1 Å². The van der Waals surface area contributed by atoms with Gasteiger partial charge in [-0.2, -0.15) is 0 Å². The van der Waals surface area contributed by atoms with E-state index in [1.54, 1.807) is 35.2 Å². The quantitative estimate of drug-likeness (QED) is 0.347. The van der Waals surface area contributed by atoms with E-state index in [1.807, 2.05) is 30.3 Å². The first-order chi connectivity index (χ1) is 13.2. The summed E-state index contributed by atoms with van der Waals surface area (Å²) in [5, 5.41) is 2.90. The van der Waals surface area contributed by atoms with E-state index in [-0.39, 0.29) is 11.9 Å². The predicted octanol–water partition coefficient (Wildman–Crippen LogP) is 4.27. The second kappa shape index (κ2) is 9.53. The number of ether oxygens (including phenoxy) is 1. The lowest BCUT2D eigenvalue weighted by Gasteiger charge is -2.06. The summed E-state index contributed by atoms with van der Waals surface area (Å²) in [4.78, 5) is 28.0.